The standard InChI is InChI=1S/C24H21N5O2/c1-16-19(14-26-23(27-16)18-8-5-10-25-13-18)24(30)29-11-9-21-20(15-29)28-22(31-21)12-17-6-3-2-4-7-17/h2-8,10,13-14H,9,11-12,15H2,1H3. The van der Waals surface area contributed by atoms with Gasteiger partial charge in [-0.05, 0) is 24.6 Å². The van der Waals surface area contributed by atoms with Crippen molar-refractivity contribution in [1.29, 1.82) is 0 Å². The van der Waals surface area contributed by atoms with Crippen LogP contribution in [0.2, 0.25) is 0 Å². The molecule has 5 rings (SSSR count). The summed E-state index contributed by atoms with van der Waals surface area (Å²) >= 11 is 0. The van der Waals surface area contributed by atoms with Crippen LogP contribution < -0.4 is 0 Å². The molecule has 0 N–H and O–H groups in total. The van der Waals surface area contributed by atoms with Crippen LogP contribution in [0.5, 0.6) is 0 Å². The number of pyridine rings is 1. The Hall–Kier alpha value is -3.87. The maximum atomic E-state index is 13.2. The lowest BCUT2D eigenvalue weighted by molar-refractivity contribution is 0.0726. The number of aromatic nitrogens is 4. The first-order chi connectivity index (χ1) is 15.2. The molecule has 0 atom stereocenters. The second-order valence-electron chi connectivity index (χ2n) is 7.55. The molecule has 0 aliphatic carbocycles. The number of hydrogen-bond donors (Lipinski definition) is 0. The van der Waals surface area contributed by atoms with E-state index in [1.807, 2.05) is 37.3 Å². The zero-order valence-corrected chi connectivity index (χ0v) is 17.2. The molecule has 1 aliphatic heterocycles. The number of carbonyl (C=O) groups is 1. The van der Waals surface area contributed by atoms with E-state index in [1.54, 1.807) is 23.5 Å². The molecule has 0 bridgehead atoms. The van der Waals surface area contributed by atoms with Gasteiger partial charge in [-0.1, -0.05) is 30.3 Å². The number of fused-ring (bicyclic) bond motifs is 1. The zero-order valence-electron chi connectivity index (χ0n) is 17.2. The number of amides is 1. The van der Waals surface area contributed by atoms with Crippen LogP contribution in [0.15, 0.2) is 65.5 Å². The van der Waals surface area contributed by atoms with Gasteiger partial charge < -0.3 is 9.32 Å². The molecule has 7 heteroatoms. The van der Waals surface area contributed by atoms with E-state index in [0.29, 0.717) is 48.9 Å². The van der Waals surface area contributed by atoms with E-state index >= 15 is 0 Å². The molecule has 1 amide bonds. The predicted molar refractivity (Wildman–Crippen MR) is 114 cm³/mol. The van der Waals surface area contributed by atoms with E-state index in [-0.39, 0.29) is 5.91 Å². The third-order valence-corrected chi connectivity index (χ3v) is 5.39. The summed E-state index contributed by atoms with van der Waals surface area (Å²) in [5.74, 6) is 2.03. The summed E-state index contributed by atoms with van der Waals surface area (Å²) in [5.41, 5.74) is 3.95. The Morgan fingerprint density at radius 3 is 2.74 bits per heavy atom. The molecule has 1 aromatic carbocycles. The normalized spacial score (nSPS) is 13.1. The summed E-state index contributed by atoms with van der Waals surface area (Å²) in [6.45, 7) is 2.84. The lowest BCUT2D eigenvalue weighted by atomic mass is 10.1. The highest BCUT2D eigenvalue weighted by Crippen LogP contribution is 2.24. The molecule has 31 heavy (non-hydrogen) atoms. The summed E-state index contributed by atoms with van der Waals surface area (Å²) in [6.07, 6.45) is 6.31. The van der Waals surface area contributed by atoms with Crippen molar-refractivity contribution in [2.75, 3.05) is 6.54 Å². The van der Waals surface area contributed by atoms with E-state index in [1.165, 1.54) is 0 Å². The van der Waals surface area contributed by atoms with Crippen LogP contribution in [0.3, 0.4) is 0 Å². The molecule has 0 unspecified atom stereocenters. The second-order valence-corrected chi connectivity index (χ2v) is 7.55. The SMILES string of the molecule is Cc1nc(-c2cccnc2)ncc1C(=O)N1CCc2oc(Cc3ccccc3)nc2C1. The average molecular weight is 411 g/mol. The van der Waals surface area contributed by atoms with Gasteiger partial charge in [0.2, 0.25) is 0 Å². The summed E-state index contributed by atoms with van der Waals surface area (Å²) in [5, 5.41) is 0. The fraction of sp³-hybridized carbons (Fsp3) is 0.208. The van der Waals surface area contributed by atoms with E-state index in [0.717, 1.165) is 22.6 Å². The highest BCUT2D eigenvalue weighted by Gasteiger charge is 2.27. The van der Waals surface area contributed by atoms with Crippen molar-refractivity contribution in [3.63, 3.8) is 0 Å². The Kier molecular flexibility index (Phi) is 5.00. The van der Waals surface area contributed by atoms with Gasteiger partial charge in [-0.2, -0.15) is 0 Å². The average Bonchev–Trinajstić information content (AvgIpc) is 3.21. The molecular weight excluding hydrogens is 390 g/mol. The Morgan fingerprint density at radius 2 is 1.97 bits per heavy atom. The number of hydrogen-bond acceptors (Lipinski definition) is 6. The largest absolute Gasteiger partial charge is 0.445 e. The molecule has 3 aromatic heterocycles. The molecule has 0 spiro atoms. The minimum atomic E-state index is -0.0894. The molecule has 7 nitrogen and oxygen atoms in total. The van der Waals surface area contributed by atoms with E-state index in [4.69, 9.17) is 4.42 Å². The van der Waals surface area contributed by atoms with E-state index < -0.39 is 0 Å². The van der Waals surface area contributed by atoms with Crippen LogP contribution in [-0.2, 0) is 19.4 Å². The first-order valence-corrected chi connectivity index (χ1v) is 10.2. The van der Waals surface area contributed by atoms with Crippen LogP contribution in [0.25, 0.3) is 11.4 Å². The Balaban J connectivity index is 1.32. The number of rotatable bonds is 4. The minimum absolute atomic E-state index is 0.0894. The van der Waals surface area contributed by atoms with Crippen molar-refractivity contribution in [1.82, 2.24) is 24.8 Å². The molecule has 1 aliphatic rings. The molecule has 4 heterocycles. The van der Waals surface area contributed by atoms with Gasteiger partial charge in [-0.15, -0.1) is 0 Å². The summed E-state index contributed by atoms with van der Waals surface area (Å²) in [6, 6.07) is 13.8. The maximum absolute atomic E-state index is 13.2. The van der Waals surface area contributed by atoms with E-state index in [9.17, 15) is 4.79 Å². The van der Waals surface area contributed by atoms with Gasteiger partial charge in [0.05, 0.1) is 17.8 Å². The van der Waals surface area contributed by atoms with Crippen molar-refractivity contribution in [3.05, 3.63) is 95.2 Å². The number of carbonyl (C=O) groups excluding carboxylic acids is 1. The van der Waals surface area contributed by atoms with Crippen molar-refractivity contribution >= 4 is 5.91 Å². The van der Waals surface area contributed by atoms with Crippen LogP contribution >= 0.6 is 0 Å². The second kappa shape index (κ2) is 8.10. The topological polar surface area (TPSA) is 85.0 Å². The molecule has 0 saturated carbocycles. The highest BCUT2D eigenvalue weighted by atomic mass is 16.4. The van der Waals surface area contributed by atoms with Gasteiger partial charge in [0, 0.05) is 43.5 Å². The molecule has 0 saturated heterocycles. The third kappa shape index (κ3) is 3.94. The summed E-state index contributed by atoms with van der Waals surface area (Å²) in [7, 11) is 0. The number of benzene rings is 1. The third-order valence-electron chi connectivity index (χ3n) is 5.39. The quantitative estimate of drug-likeness (QED) is 0.510. The Morgan fingerprint density at radius 1 is 1.10 bits per heavy atom. The van der Waals surface area contributed by atoms with Crippen molar-refractivity contribution in [2.45, 2.75) is 26.3 Å². The molecule has 0 fully saturated rings. The van der Waals surface area contributed by atoms with Gasteiger partial charge in [0.1, 0.15) is 11.5 Å². The first kappa shape index (κ1) is 19.1. The zero-order chi connectivity index (χ0) is 21.2. The number of oxazole rings is 1. The highest BCUT2D eigenvalue weighted by molar-refractivity contribution is 5.95. The fourth-order valence-electron chi connectivity index (χ4n) is 3.75. The lowest BCUT2D eigenvalue weighted by Crippen LogP contribution is -2.36. The van der Waals surface area contributed by atoms with Crippen LogP contribution in [0.1, 0.15) is 39.0 Å². The first-order valence-electron chi connectivity index (χ1n) is 10.2. The molecular formula is C24H21N5O2. The number of aryl methyl sites for hydroxylation is 1. The van der Waals surface area contributed by atoms with Crippen molar-refractivity contribution < 1.29 is 9.21 Å². The summed E-state index contributed by atoms with van der Waals surface area (Å²) < 4.78 is 5.95. The lowest BCUT2D eigenvalue weighted by Gasteiger charge is -2.25. The minimum Gasteiger partial charge on any atom is -0.445 e. The van der Waals surface area contributed by atoms with Crippen LogP contribution in [-0.4, -0.2) is 37.3 Å². The van der Waals surface area contributed by atoms with E-state index in [2.05, 4.69) is 32.1 Å². The summed E-state index contributed by atoms with van der Waals surface area (Å²) in [4.78, 5) is 32.6. The molecule has 154 valence electrons. The van der Waals surface area contributed by atoms with Crippen LogP contribution in [0.4, 0.5) is 0 Å². The van der Waals surface area contributed by atoms with Gasteiger partial charge in [0.15, 0.2) is 11.7 Å². The van der Waals surface area contributed by atoms with Gasteiger partial charge in [0.25, 0.3) is 5.91 Å². The fourth-order valence-corrected chi connectivity index (χ4v) is 3.75. The molecule has 0 radical (unpaired) electrons. The van der Waals surface area contributed by atoms with Crippen molar-refractivity contribution in [3.8, 4) is 11.4 Å². The number of nitrogens with zero attached hydrogens (tertiary/aromatic N) is 5. The molecule has 4 aromatic rings. The Bertz CT molecular complexity index is 1220. The van der Waals surface area contributed by atoms with Crippen LogP contribution in [0, 0.1) is 6.92 Å². The predicted octanol–water partition coefficient (Wildman–Crippen LogP) is 3.62. The monoisotopic (exact) mass is 411 g/mol. The van der Waals surface area contributed by atoms with Gasteiger partial charge in [-0.3, -0.25) is 9.78 Å². The van der Waals surface area contributed by atoms with Gasteiger partial charge in [-0.25, -0.2) is 15.0 Å². The smallest absolute Gasteiger partial charge is 0.257 e. The Labute approximate surface area is 179 Å². The maximum Gasteiger partial charge on any atom is 0.257 e. The van der Waals surface area contributed by atoms with Gasteiger partial charge >= 0.3 is 0 Å². The van der Waals surface area contributed by atoms with Crippen molar-refractivity contribution in [2.24, 2.45) is 0 Å².